The van der Waals surface area contributed by atoms with Gasteiger partial charge in [0.1, 0.15) is 5.75 Å². The van der Waals surface area contributed by atoms with Gasteiger partial charge in [-0.05, 0) is 49.0 Å². The molecule has 154 valence electrons. The van der Waals surface area contributed by atoms with Gasteiger partial charge in [0, 0.05) is 18.5 Å². The van der Waals surface area contributed by atoms with Gasteiger partial charge in [0.2, 0.25) is 0 Å². The summed E-state index contributed by atoms with van der Waals surface area (Å²) < 4.78 is 5.72. The molecule has 2 aromatic carbocycles. The lowest BCUT2D eigenvalue weighted by Gasteiger charge is -2.30. The number of nitrogens with two attached hydrogens (primary N) is 1. The second-order valence-corrected chi connectivity index (χ2v) is 8.35. The van der Waals surface area contributed by atoms with Crippen LogP contribution in [0.4, 0.5) is 0 Å². The summed E-state index contributed by atoms with van der Waals surface area (Å²) in [4.78, 5) is 7.14. The summed E-state index contributed by atoms with van der Waals surface area (Å²) in [5, 5.41) is 3.37. The lowest BCUT2D eigenvalue weighted by molar-refractivity contribution is 0.185. The standard InChI is InChI=1S/C24H32N4O/c1-18-9-12-28(13-10-18)17-20-6-4-5-19(15-20)16-26-24(25)27-22-11-14-29-23-8-3-2-7-21(22)23/h2-8,15,18,22H,9-14,16-17H2,1H3,(H3,25,26,27). The van der Waals surface area contributed by atoms with Gasteiger partial charge in [0.25, 0.3) is 0 Å². The third kappa shape index (κ3) is 5.30. The van der Waals surface area contributed by atoms with Crippen LogP contribution in [-0.4, -0.2) is 30.6 Å². The lowest BCUT2D eigenvalue weighted by atomic mass is 9.98. The third-order valence-corrected chi connectivity index (χ3v) is 5.99. The molecule has 2 aliphatic heterocycles. The van der Waals surface area contributed by atoms with Crippen molar-refractivity contribution in [3.8, 4) is 5.75 Å². The number of aliphatic imine (C=N–C) groups is 1. The summed E-state index contributed by atoms with van der Waals surface area (Å²) in [5.41, 5.74) is 9.91. The van der Waals surface area contributed by atoms with Gasteiger partial charge in [-0.2, -0.15) is 0 Å². The van der Waals surface area contributed by atoms with E-state index in [1.165, 1.54) is 37.1 Å². The number of rotatable bonds is 5. The Balaban J connectivity index is 1.34. The fraction of sp³-hybridized carbons (Fsp3) is 0.458. The minimum absolute atomic E-state index is 0.150. The normalized spacial score (nSPS) is 20.7. The van der Waals surface area contributed by atoms with Gasteiger partial charge < -0.3 is 15.8 Å². The van der Waals surface area contributed by atoms with Crippen LogP contribution in [0.2, 0.25) is 0 Å². The average molecular weight is 393 g/mol. The molecule has 2 aliphatic rings. The van der Waals surface area contributed by atoms with Gasteiger partial charge in [-0.3, -0.25) is 4.90 Å². The Labute approximate surface area is 174 Å². The minimum Gasteiger partial charge on any atom is -0.493 e. The van der Waals surface area contributed by atoms with Gasteiger partial charge in [0.05, 0.1) is 19.2 Å². The van der Waals surface area contributed by atoms with Crippen molar-refractivity contribution in [2.45, 2.75) is 45.3 Å². The maximum Gasteiger partial charge on any atom is 0.189 e. The minimum atomic E-state index is 0.150. The maximum atomic E-state index is 6.20. The van der Waals surface area contributed by atoms with Crippen molar-refractivity contribution in [1.82, 2.24) is 10.2 Å². The zero-order chi connectivity index (χ0) is 20.1. The Morgan fingerprint density at radius 3 is 2.76 bits per heavy atom. The van der Waals surface area contributed by atoms with Crippen LogP contribution in [-0.2, 0) is 13.1 Å². The number of likely N-dealkylation sites (tertiary alicyclic amines) is 1. The Kier molecular flexibility index (Phi) is 6.35. The van der Waals surface area contributed by atoms with Gasteiger partial charge in [-0.25, -0.2) is 4.99 Å². The number of fused-ring (bicyclic) bond motifs is 1. The molecule has 4 rings (SSSR count). The fourth-order valence-electron chi connectivity index (χ4n) is 4.20. The van der Waals surface area contributed by atoms with E-state index < -0.39 is 0 Å². The van der Waals surface area contributed by atoms with E-state index in [0.29, 0.717) is 19.1 Å². The van der Waals surface area contributed by atoms with Crippen LogP contribution in [0.15, 0.2) is 53.5 Å². The number of ether oxygens (including phenoxy) is 1. The highest BCUT2D eigenvalue weighted by molar-refractivity contribution is 5.78. The fourth-order valence-corrected chi connectivity index (χ4v) is 4.20. The van der Waals surface area contributed by atoms with Crippen molar-refractivity contribution in [2.24, 2.45) is 16.6 Å². The molecular formula is C24H32N4O. The predicted octanol–water partition coefficient (Wildman–Crippen LogP) is 3.85. The summed E-state index contributed by atoms with van der Waals surface area (Å²) in [6.45, 7) is 7.07. The van der Waals surface area contributed by atoms with Gasteiger partial charge in [-0.1, -0.05) is 49.4 Å². The molecule has 5 nitrogen and oxygen atoms in total. The number of piperidine rings is 1. The second-order valence-electron chi connectivity index (χ2n) is 8.35. The zero-order valence-corrected chi connectivity index (χ0v) is 17.3. The van der Waals surface area contributed by atoms with Crippen LogP contribution in [0.3, 0.4) is 0 Å². The number of nitrogens with one attached hydrogen (secondary N) is 1. The molecule has 0 aromatic heterocycles. The first-order chi connectivity index (χ1) is 14.2. The van der Waals surface area contributed by atoms with E-state index in [-0.39, 0.29) is 6.04 Å². The second kappa shape index (κ2) is 9.31. The van der Waals surface area contributed by atoms with Crippen molar-refractivity contribution >= 4 is 5.96 Å². The van der Waals surface area contributed by atoms with Crippen molar-refractivity contribution < 1.29 is 4.74 Å². The topological polar surface area (TPSA) is 62.9 Å². The first kappa shape index (κ1) is 19.8. The van der Waals surface area contributed by atoms with E-state index in [0.717, 1.165) is 30.2 Å². The molecule has 29 heavy (non-hydrogen) atoms. The SMILES string of the molecule is CC1CCN(Cc2cccc(CN=C(N)NC3CCOc4ccccc43)c2)CC1. The maximum absolute atomic E-state index is 6.20. The molecule has 3 N–H and O–H groups in total. The molecule has 1 saturated heterocycles. The molecule has 0 amide bonds. The summed E-state index contributed by atoms with van der Waals surface area (Å²) in [6.07, 6.45) is 3.50. The number of benzene rings is 2. The first-order valence-corrected chi connectivity index (χ1v) is 10.8. The zero-order valence-electron chi connectivity index (χ0n) is 17.3. The van der Waals surface area contributed by atoms with Crippen LogP contribution in [0, 0.1) is 5.92 Å². The monoisotopic (exact) mass is 392 g/mol. The quantitative estimate of drug-likeness (QED) is 0.599. The molecule has 0 spiro atoms. The number of hydrogen-bond acceptors (Lipinski definition) is 3. The van der Waals surface area contributed by atoms with Gasteiger partial charge >= 0.3 is 0 Å². The van der Waals surface area contributed by atoms with Crippen LogP contribution in [0.25, 0.3) is 0 Å². The highest BCUT2D eigenvalue weighted by Gasteiger charge is 2.21. The number of guanidine groups is 1. The molecule has 2 aromatic rings. The third-order valence-electron chi connectivity index (χ3n) is 5.99. The van der Waals surface area contributed by atoms with Gasteiger partial charge in [0.15, 0.2) is 5.96 Å². The Hall–Kier alpha value is -2.53. The Morgan fingerprint density at radius 1 is 1.10 bits per heavy atom. The van der Waals surface area contributed by atoms with E-state index in [1.807, 2.05) is 18.2 Å². The Bertz CT molecular complexity index is 842. The molecule has 0 saturated carbocycles. The molecule has 1 atom stereocenters. The molecule has 1 unspecified atom stereocenters. The Morgan fingerprint density at radius 2 is 1.90 bits per heavy atom. The number of para-hydroxylation sites is 1. The highest BCUT2D eigenvalue weighted by atomic mass is 16.5. The first-order valence-electron chi connectivity index (χ1n) is 10.8. The lowest BCUT2D eigenvalue weighted by Crippen LogP contribution is -2.37. The number of hydrogen-bond donors (Lipinski definition) is 2. The summed E-state index contributed by atoms with van der Waals surface area (Å²) >= 11 is 0. The van der Waals surface area contributed by atoms with E-state index in [4.69, 9.17) is 10.5 Å². The molecule has 1 fully saturated rings. The molecule has 5 heteroatoms. The van der Waals surface area contributed by atoms with Crippen LogP contribution < -0.4 is 15.8 Å². The van der Waals surface area contributed by atoms with Crippen molar-refractivity contribution in [3.05, 3.63) is 65.2 Å². The highest BCUT2D eigenvalue weighted by Crippen LogP contribution is 2.31. The molecule has 0 aliphatic carbocycles. The molecular weight excluding hydrogens is 360 g/mol. The largest absolute Gasteiger partial charge is 0.493 e. The predicted molar refractivity (Wildman–Crippen MR) is 118 cm³/mol. The van der Waals surface area contributed by atoms with E-state index in [1.54, 1.807) is 0 Å². The molecule has 2 heterocycles. The number of nitrogens with zero attached hydrogens (tertiary/aromatic N) is 2. The van der Waals surface area contributed by atoms with Crippen LogP contribution in [0.5, 0.6) is 5.75 Å². The van der Waals surface area contributed by atoms with Crippen molar-refractivity contribution in [3.63, 3.8) is 0 Å². The van der Waals surface area contributed by atoms with E-state index in [2.05, 4.69) is 52.5 Å². The molecule has 0 bridgehead atoms. The van der Waals surface area contributed by atoms with Crippen LogP contribution in [0.1, 0.15) is 48.9 Å². The summed E-state index contributed by atoms with van der Waals surface area (Å²) in [6, 6.07) is 17.0. The smallest absolute Gasteiger partial charge is 0.189 e. The summed E-state index contributed by atoms with van der Waals surface area (Å²) in [7, 11) is 0. The molecule has 0 radical (unpaired) electrons. The van der Waals surface area contributed by atoms with E-state index >= 15 is 0 Å². The van der Waals surface area contributed by atoms with Crippen molar-refractivity contribution in [1.29, 1.82) is 0 Å². The van der Waals surface area contributed by atoms with Gasteiger partial charge in [-0.15, -0.1) is 0 Å². The average Bonchev–Trinajstić information content (AvgIpc) is 2.75. The summed E-state index contributed by atoms with van der Waals surface area (Å²) in [5.74, 6) is 2.29. The van der Waals surface area contributed by atoms with Crippen molar-refractivity contribution in [2.75, 3.05) is 19.7 Å². The van der Waals surface area contributed by atoms with E-state index in [9.17, 15) is 0 Å². The van der Waals surface area contributed by atoms with Crippen LogP contribution >= 0.6 is 0 Å².